The topological polar surface area (TPSA) is 55.4 Å². The first-order valence-corrected chi connectivity index (χ1v) is 12.9. The van der Waals surface area contributed by atoms with E-state index >= 15 is 0 Å². The molecule has 0 saturated heterocycles. The van der Waals surface area contributed by atoms with Gasteiger partial charge in [0, 0.05) is 39.6 Å². The Morgan fingerprint density at radius 2 is 0.708 bits per heavy atom. The van der Waals surface area contributed by atoms with Gasteiger partial charge in [0.15, 0.2) is 0 Å². The molecule has 24 heavy (non-hydrogen) atoms. The molecular formula is C16H38O6Si2. The van der Waals surface area contributed by atoms with E-state index in [1.165, 1.54) is 0 Å². The van der Waals surface area contributed by atoms with Crippen molar-refractivity contribution in [1.82, 2.24) is 0 Å². The Labute approximate surface area is 150 Å². The SMILES string of the molecule is CCO[Si](OCC)(OCC)C(C(C)C)[Si](OCC)(OCC)OCC. The van der Waals surface area contributed by atoms with Gasteiger partial charge < -0.3 is 26.6 Å². The smallest absolute Gasteiger partial charge is 0.374 e. The van der Waals surface area contributed by atoms with Gasteiger partial charge in [-0.3, -0.25) is 0 Å². The van der Waals surface area contributed by atoms with Crippen LogP contribution in [0.3, 0.4) is 0 Å². The average molecular weight is 383 g/mol. The molecule has 0 aromatic rings. The third-order valence-corrected chi connectivity index (χ3v) is 12.6. The molecule has 0 rings (SSSR count). The summed E-state index contributed by atoms with van der Waals surface area (Å²) >= 11 is 0. The van der Waals surface area contributed by atoms with Crippen molar-refractivity contribution in [2.45, 2.75) is 60.6 Å². The summed E-state index contributed by atoms with van der Waals surface area (Å²) in [5.41, 5.74) is 0. The summed E-state index contributed by atoms with van der Waals surface area (Å²) in [6, 6.07) is 0. The van der Waals surface area contributed by atoms with Gasteiger partial charge in [-0.1, -0.05) is 13.8 Å². The molecule has 8 heteroatoms. The van der Waals surface area contributed by atoms with E-state index in [9.17, 15) is 0 Å². The minimum atomic E-state index is -3.05. The summed E-state index contributed by atoms with van der Waals surface area (Å²) < 4.78 is 37.0. The summed E-state index contributed by atoms with van der Waals surface area (Å²) in [6.45, 7) is 19.1. The summed E-state index contributed by atoms with van der Waals surface area (Å²) in [6.07, 6.45) is 0. The fourth-order valence-electron chi connectivity index (χ4n) is 3.03. The lowest BCUT2D eigenvalue weighted by molar-refractivity contribution is 0.0262. The van der Waals surface area contributed by atoms with Gasteiger partial charge in [0.2, 0.25) is 0 Å². The Morgan fingerprint density at radius 3 is 0.833 bits per heavy atom. The number of rotatable bonds is 15. The Bertz CT molecular complexity index is 257. The molecule has 0 unspecified atom stereocenters. The second kappa shape index (κ2) is 12.5. The van der Waals surface area contributed by atoms with E-state index in [0.717, 1.165) is 0 Å². The summed E-state index contributed by atoms with van der Waals surface area (Å²) in [5, 5.41) is -0.162. The Morgan fingerprint density at radius 1 is 0.500 bits per heavy atom. The third-order valence-electron chi connectivity index (χ3n) is 3.50. The molecule has 6 nitrogen and oxygen atoms in total. The van der Waals surface area contributed by atoms with Gasteiger partial charge in [-0.15, -0.1) is 0 Å². The van der Waals surface area contributed by atoms with Crippen molar-refractivity contribution in [3.8, 4) is 0 Å². The fourth-order valence-corrected chi connectivity index (χ4v) is 11.9. The highest BCUT2D eigenvalue weighted by Crippen LogP contribution is 2.42. The molecule has 0 fully saturated rings. The minimum absolute atomic E-state index is 0.162. The number of hydrogen-bond donors (Lipinski definition) is 0. The molecule has 0 N–H and O–H groups in total. The summed E-state index contributed by atoms with van der Waals surface area (Å²) in [5.74, 6) is 0.178. The maximum Gasteiger partial charge on any atom is 0.509 e. The van der Waals surface area contributed by atoms with E-state index in [-0.39, 0.29) is 11.1 Å². The van der Waals surface area contributed by atoms with Gasteiger partial charge in [0.05, 0.1) is 0 Å². The molecule has 146 valence electrons. The van der Waals surface area contributed by atoms with Crippen molar-refractivity contribution >= 4 is 17.6 Å². The van der Waals surface area contributed by atoms with Crippen LogP contribution in [0.15, 0.2) is 0 Å². The van der Waals surface area contributed by atoms with E-state index in [0.29, 0.717) is 39.6 Å². The molecule has 0 aromatic heterocycles. The predicted octanol–water partition coefficient (Wildman–Crippen LogP) is 3.65. The predicted molar refractivity (Wildman–Crippen MR) is 99.9 cm³/mol. The van der Waals surface area contributed by atoms with Crippen LogP contribution >= 0.6 is 0 Å². The van der Waals surface area contributed by atoms with Crippen molar-refractivity contribution in [1.29, 1.82) is 0 Å². The zero-order valence-electron chi connectivity index (χ0n) is 16.8. The number of hydrogen-bond acceptors (Lipinski definition) is 6. The van der Waals surface area contributed by atoms with Gasteiger partial charge in [-0.25, -0.2) is 0 Å². The van der Waals surface area contributed by atoms with Gasteiger partial charge in [-0.2, -0.15) is 0 Å². The van der Waals surface area contributed by atoms with Gasteiger partial charge in [0.25, 0.3) is 0 Å². The average Bonchev–Trinajstić information content (AvgIpc) is 2.48. The lowest BCUT2D eigenvalue weighted by Crippen LogP contribution is -2.65. The standard InChI is InChI=1S/C16H38O6Si2/c1-9-17-23(18-10-2,19-11-3)16(15(7)8)24(20-12-4,21-13-5)22-14-6/h15-16H,9-14H2,1-8H3. The monoisotopic (exact) mass is 382 g/mol. The van der Waals surface area contributed by atoms with E-state index in [1.54, 1.807) is 0 Å². The highest BCUT2D eigenvalue weighted by Gasteiger charge is 2.66. The van der Waals surface area contributed by atoms with Crippen LogP contribution in [0.2, 0.25) is 5.16 Å². The maximum absolute atomic E-state index is 6.17. The Kier molecular flexibility index (Phi) is 12.6. The van der Waals surface area contributed by atoms with Crippen LogP contribution in [-0.2, 0) is 26.6 Å². The highest BCUT2D eigenvalue weighted by molar-refractivity contribution is 6.82. The first-order chi connectivity index (χ1) is 11.4. The van der Waals surface area contributed by atoms with Crippen LogP contribution in [0.5, 0.6) is 0 Å². The Balaban J connectivity index is 6.16. The van der Waals surface area contributed by atoms with Crippen LogP contribution in [0.25, 0.3) is 0 Å². The van der Waals surface area contributed by atoms with Gasteiger partial charge in [-0.05, 0) is 47.5 Å². The molecule has 0 bridgehead atoms. The molecule has 0 spiro atoms. The molecule has 0 saturated carbocycles. The lowest BCUT2D eigenvalue weighted by Gasteiger charge is -2.44. The van der Waals surface area contributed by atoms with Crippen LogP contribution in [-0.4, -0.2) is 57.3 Å². The first-order valence-electron chi connectivity index (χ1n) is 9.26. The van der Waals surface area contributed by atoms with E-state index in [1.807, 2.05) is 41.5 Å². The summed E-state index contributed by atoms with van der Waals surface area (Å²) in [7, 11) is -6.10. The van der Waals surface area contributed by atoms with Crippen molar-refractivity contribution in [2.24, 2.45) is 5.92 Å². The van der Waals surface area contributed by atoms with Crippen LogP contribution in [0.4, 0.5) is 0 Å². The molecule has 0 heterocycles. The zero-order valence-corrected chi connectivity index (χ0v) is 18.8. The normalized spacial score (nSPS) is 13.2. The van der Waals surface area contributed by atoms with E-state index in [2.05, 4.69) is 13.8 Å². The van der Waals surface area contributed by atoms with Crippen molar-refractivity contribution < 1.29 is 26.6 Å². The molecule has 0 aliphatic rings. The first kappa shape index (κ1) is 24.2. The molecule has 0 atom stereocenters. The second-order valence-corrected chi connectivity index (χ2v) is 11.5. The quantitative estimate of drug-likeness (QED) is 0.403. The van der Waals surface area contributed by atoms with Crippen molar-refractivity contribution in [2.75, 3.05) is 39.6 Å². The van der Waals surface area contributed by atoms with Crippen molar-refractivity contribution in [3.05, 3.63) is 0 Å². The molecule has 0 radical (unpaired) electrons. The van der Waals surface area contributed by atoms with Gasteiger partial charge in [0.1, 0.15) is 5.16 Å². The zero-order chi connectivity index (χ0) is 18.6. The van der Waals surface area contributed by atoms with Crippen LogP contribution in [0.1, 0.15) is 55.4 Å². The van der Waals surface area contributed by atoms with E-state index in [4.69, 9.17) is 26.6 Å². The van der Waals surface area contributed by atoms with Crippen LogP contribution in [0, 0.1) is 5.92 Å². The summed E-state index contributed by atoms with van der Waals surface area (Å²) in [4.78, 5) is 0. The highest BCUT2D eigenvalue weighted by atomic mass is 28.5. The Hall–Kier alpha value is 0.194. The van der Waals surface area contributed by atoms with Crippen molar-refractivity contribution in [3.63, 3.8) is 0 Å². The molecule has 0 aromatic carbocycles. The second-order valence-electron chi connectivity index (χ2n) is 5.53. The van der Waals surface area contributed by atoms with E-state index < -0.39 is 17.6 Å². The molecule has 0 aliphatic heterocycles. The fraction of sp³-hybridized carbons (Fsp3) is 1.00. The third kappa shape index (κ3) is 6.17. The van der Waals surface area contributed by atoms with Crippen LogP contribution < -0.4 is 0 Å². The largest absolute Gasteiger partial charge is 0.509 e. The lowest BCUT2D eigenvalue weighted by atomic mass is 10.3. The maximum atomic E-state index is 6.17. The molecule has 0 aliphatic carbocycles. The molecule has 0 amide bonds. The van der Waals surface area contributed by atoms with Gasteiger partial charge >= 0.3 is 17.6 Å². The molecular weight excluding hydrogens is 344 g/mol. The minimum Gasteiger partial charge on any atom is -0.374 e.